The van der Waals surface area contributed by atoms with E-state index in [9.17, 15) is 13.6 Å². The molecular formula is C21H20F2N2O2. The molecule has 140 valence electrons. The Labute approximate surface area is 156 Å². The molecule has 0 radical (unpaired) electrons. The van der Waals surface area contributed by atoms with Gasteiger partial charge in [-0.3, -0.25) is 14.7 Å². The summed E-state index contributed by atoms with van der Waals surface area (Å²) in [6, 6.07) is 13.8. The summed E-state index contributed by atoms with van der Waals surface area (Å²) in [6.07, 6.45) is 1.88. The fourth-order valence-electron chi connectivity index (χ4n) is 3.01. The Morgan fingerprint density at radius 3 is 2.56 bits per heavy atom. The van der Waals surface area contributed by atoms with Crippen LogP contribution in [0.2, 0.25) is 0 Å². The molecule has 1 heterocycles. The van der Waals surface area contributed by atoms with Crippen molar-refractivity contribution in [3.8, 4) is 0 Å². The normalized spacial score (nSPS) is 11.1. The molecule has 0 bridgehead atoms. The third kappa shape index (κ3) is 4.65. The first kappa shape index (κ1) is 18.9. The minimum atomic E-state index is -0.882. The van der Waals surface area contributed by atoms with Crippen LogP contribution in [0.3, 0.4) is 0 Å². The summed E-state index contributed by atoms with van der Waals surface area (Å²) >= 11 is 0. The highest BCUT2D eigenvalue weighted by Crippen LogP contribution is 2.20. The van der Waals surface area contributed by atoms with Crippen molar-refractivity contribution in [3.05, 3.63) is 77.5 Å². The highest BCUT2D eigenvalue weighted by molar-refractivity contribution is 5.81. The van der Waals surface area contributed by atoms with Crippen molar-refractivity contribution in [2.45, 2.75) is 19.5 Å². The Bertz CT molecular complexity index is 941. The number of benzene rings is 2. The van der Waals surface area contributed by atoms with Crippen LogP contribution in [0.4, 0.5) is 8.78 Å². The molecule has 2 aromatic carbocycles. The minimum Gasteiger partial charge on any atom is -0.469 e. The number of fused-ring (bicyclic) bond motifs is 1. The molecular weight excluding hydrogens is 350 g/mol. The van der Waals surface area contributed by atoms with E-state index in [1.165, 1.54) is 13.2 Å². The molecule has 27 heavy (non-hydrogen) atoms. The molecule has 0 saturated carbocycles. The van der Waals surface area contributed by atoms with Crippen molar-refractivity contribution >= 4 is 16.9 Å². The summed E-state index contributed by atoms with van der Waals surface area (Å²) in [7, 11) is 1.33. The molecule has 0 fully saturated rings. The molecule has 0 amide bonds. The minimum absolute atomic E-state index is 0.158. The highest BCUT2D eigenvalue weighted by Gasteiger charge is 2.15. The molecule has 0 unspecified atom stereocenters. The van der Waals surface area contributed by atoms with Crippen LogP contribution >= 0.6 is 0 Å². The standard InChI is InChI=1S/C21H20F2N2O2/c1-27-19(26)10-12-25(13-16-6-3-9-18(22)20(16)23)14-17-7-2-5-15-8-4-11-24-21(15)17/h2-9,11H,10,12-14H2,1H3. The van der Waals surface area contributed by atoms with Crippen molar-refractivity contribution in [3.63, 3.8) is 0 Å². The predicted octanol–water partition coefficient (Wildman–Crippen LogP) is 4.08. The molecule has 0 aliphatic rings. The van der Waals surface area contributed by atoms with Crippen LogP contribution in [0.5, 0.6) is 0 Å². The lowest BCUT2D eigenvalue weighted by Crippen LogP contribution is -2.27. The first-order valence-electron chi connectivity index (χ1n) is 8.63. The first-order valence-corrected chi connectivity index (χ1v) is 8.63. The van der Waals surface area contributed by atoms with Crippen LogP contribution in [-0.4, -0.2) is 29.5 Å². The number of carbonyl (C=O) groups excluding carboxylic acids is 1. The molecule has 1 aromatic heterocycles. The summed E-state index contributed by atoms with van der Waals surface area (Å²) in [4.78, 5) is 17.9. The summed E-state index contributed by atoms with van der Waals surface area (Å²) < 4.78 is 32.4. The topological polar surface area (TPSA) is 42.4 Å². The maximum atomic E-state index is 14.1. The largest absolute Gasteiger partial charge is 0.469 e. The van der Waals surface area contributed by atoms with Crippen molar-refractivity contribution in [2.24, 2.45) is 0 Å². The van der Waals surface area contributed by atoms with E-state index in [2.05, 4.69) is 4.98 Å². The van der Waals surface area contributed by atoms with Crippen molar-refractivity contribution in [1.29, 1.82) is 0 Å². The lowest BCUT2D eigenvalue weighted by Gasteiger charge is -2.23. The Kier molecular flexibility index (Phi) is 6.08. The van der Waals surface area contributed by atoms with E-state index in [4.69, 9.17) is 4.74 Å². The van der Waals surface area contributed by atoms with E-state index in [1.807, 2.05) is 35.2 Å². The number of methoxy groups -OCH3 is 1. The number of pyridine rings is 1. The summed E-state index contributed by atoms with van der Waals surface area (Å²) in [5.74, 6) is -2.10. The second-order valence-electron chi connectivity index (χ2n) is 6.24. The van der Waals surface area contributed by atoms with Crippen molar-refractivity contribution in [1.82, 2.24) is 9.88 Å². The van der Waals surface area contributed by atoms with Crippen molar-refractivity contribution in [2.75, 3.05) is 13.7 Å². The van der Waals surface area contributed by atoms with Gasteiger partial charge in [-0.15, -0.1) is 0 Å². The van der Waals surface area contributed by atoms with E-state index in [0.717, 1.165) is 22.5 Å². The zero-order valence-electron chi connectivity index (χ0n) is 15.0. The molecule has 4 nitrogen and oxygen atoms in total. The molecule has 0 aliphatic heterocycles. The average molecular weight is 370 g/mol. The van der Waals surface area contributed by atoms with Gasteiger partial charge in [-0.25, -0.2) is 8.78 Å². The van der Waals surface area contributed by atoms with Gasteiger partial charge in [-0.2, -0.15) is 0 Å². The molecule has 6 heteroatoms. The lowest BCUT2D eigenvalue weighted by molar-refractivity contribution is -0.141. The van der Waals surface area contributed by atoms with Gasteiger partial charge in [0.05, 0.1) is 19.0 Å². The second-order valence-corrected chi connectivity index (χ2v) is 6.24. The lowest BCUT2D eigenvalue weighted by atomic mass is 10.1. The second kappa shape index (κ2) is 8.68. The Balaban J connectivity index is 1.87. The number of aromatic nitrogens is 1. The number of ether oxygens (including phenoxy) is 1. The number of hydrogen-bond donors (Lipinski definition) is 0. The Morgan fingerprint density at radius 2 is 1.74 bits per heavy atom. The van der Waals surface area contributed by atoms with Gasteiger partial charge in [0.25, 0.3) is 0 Å². The van der Waals surface area contributed by atoms with Gasteiger partial charge in [-0.1, -0.05) is 36.4 Å². The van der Waals surface area contributed by atoms with Crippen LogP contribution < -0.4 is 0 Å². The number of esters is 1. The molecule has 0 aliphatic carbocycles. The molecule has 0 N–H and O–H groups in total. The molecule has 0 spiro atoms. The fraction of sp³-hybridized carbons (Fsp3) is 0.238. The van der Waals surface area contributed by atoms with Gasteiger partial charge in [0.1, 0.15) is 0 Å². The van der Waals surface area contributed by atoms with Crippen LogP contribution in [0, 0.1) is 11.6 Å². The summed E-state index contributed by atoms with van der Waals surface area (Å²) in [5.41, 5.74) is 2.05. The van der Waals surface area contributed by atoms with Crippen LogP contribution in [0.25, 0.3) is 10.9 Å². The van der Waals surface area contributed by atoms with E-state index < -0.39 is 11.6 Å². The fourth-order valence-corrected chi connectivity index (χ4v) is 3.01. The van der Waals surface area contributed by atoms with Gasteiger partial charge in [0.15, 0.2) is 11.6 Å². The summed E-state index contributed by atoms with van der Waals surface area (Å²) in [6.45, 7) is 0.969. The number of halogens is 2. The predicted molar refractivity (Wildman–Crippen MR) is 98.8 cm³/mol. The zero-order valence-corrected chi connectivity index (χ0v) is 15.0. The van der Waals surface area contributed by atoms with E-state index in [0.29, 0.717) is 13.1 Å². The number of para-hydroxylation sites is 1. The highest BCUT2D eigenvalue weighted by atomic mass is 19.2. The maximum Gasteiger partial charge on any atom is 0.306 e. The van der Waals surface area contributed by atoms with Crippen molar-refractivity contribution < 1.29 is 18.3 Å². The van der Waals surface area contributed by atoms with E-state index in [1.54, 1.807) is 12.3 Å². The van der Waals surface area contributed by atoms with Crippen LogP contribution in [0.1, 0.15) is 17.5 Å². The quantitative estimate of drug-likeness (QED) is 0.588. The monoisotopic (exact) mass is 370 g/mol. The molecule has 3 rings (SSSR count). The Hall–Kier alpha value is -2.86. The average Bonchev–Trinajstić information content (AvgIpc) is 2.69. The SMILES string of the molecule is COC(=O)CCN(Cc1cccc(F)c1F)Cc1cccc2cccnc12. The molecule has 0 saturated heterocycles. The van der Waals surface area contributed by atoms with Crippen LogP contribution in [0.15, 0.2) is 54.7 Å². The smallest absolute Gasteiger partial charge is 0.306 e. The van der Waals surface area contributed by atoms with Gasteiger partial charge in [0, 0.05) is 36.8 Å². The molecule has 0 atom stereocenters. The molecule has 3 aromatic rings. The number of rotatable bonds is 7. The number of carbonyl (C=O) groups is 1. The Morgan fingerprint density at radius 1 is 1.04 bits per heavy atom. The third-order valence-corrected chi connectivity index (χ3v) is 4.40. The van der Waals surface area contributed by atoms with E-state index in [-0.39, 0.29) is 24.5 Å². The van der Waals surface area contributed by atoms with Gasteiger partial charge < -0.3 is 4.74 Å². The number of nitrogens with zero attached hydrogens (tertiary/aromatic N) is 2. The first-order chi connectivity index (χ1) is 13.1. The van der Waals surface area contributed by atoms with Gasteiger partial charge in [0.2, 0.25) is 0 Å². The van der Waals surface area contributed by atoms with Gasteiger partial charge in [-0.05, 0) is 17.7 Å². The third-order valence-electron chi connectivity index (χ3n) is 4.40. The zero-order chi connectivity index (χ0) is 19.2. The number of hydrogen-bond acceptors (Lipinski definition) is 4. The van der Waals surface area contributed by atoms with Gasteiger partial charge >= 0.3 is 5.97 Å². The summed E-state index contributed by atoms with van der Waals surface area (Å²) in [5, 5.41) is 1.000. The van der Waals surface area contributed by atoms with Crippen LogP contribution in [-0.2, 0) is 22.6 Å². The van der Waals surface area contributed by atoms with E-state index >= 15 is 0 Å². The maximum absolute atomic E-state index is 14.1.